The molecule has 0 heterocycles. The van der Waals surface area contributed by atoms with Gasteiger partial charge in [0.1, 0.15) is 5.75 Å². The number of unbranched alkanes of at least 4 members (excludes halogenated alkanes) is 2. The summed E-state index contributed by atoms with van der Waals surface area (Å²) in [6, 6.07) is 6.93. The van der Waals surface area contributed by atoms with E-state index in [1.54, 1.807) is 24.3 Å². The predicted octanol–water partition coefficient (Wildman–Crippen LogP) is 2.12. The van der Waals surface area contributed by atoms with Crippen molar-refractivity contribution >= 4 is 11.8 Å². The van der Waals surface area contributed by atoms with Crippen molar-refractivity contribution in [2.75, 3.05) is 19.7 Å². The van der Waals surface area contributed by atoms with Crippen molar-refractivity contribution in [2.45, 2.75) is 33.1 Å². The molecule has 0 unspecified atom stereocenters. The number of ether oxygens (including phenoxy) is 1. The lowest BCUT2D eigenvalue weighted by atomic mass is 10.2. The van der Waals surface area contributed by atoms with Gasteiger partial charge in [0, 0.05) is 12.1 Å². The van der Waals surface area contributed by atoms with Crippen LogP contribution in [0.3, 0.4) is 0 Å². The fourth-order valence-electron chi connectivity index (χ4n) is 1.77. The van der Waals surface area contributed by atoms with Crippen molar-refractivity contribution in [3.05, 3.63) is 29.8 Å². The molecule has 0 bridgehead atoms. The Morgan fingerprint density at radius 3 is 2.38 bits per heavy atom. The molecule has 21 heavy (non-hydrogen) atoms. The Kier molecular flexibility index (Phi) is 7.94. The van der Waals surface area contributed by atoms with Crippen LogP contribution in [0.5, 0.6) is 5.75 Å². The highest BCUT2D eigenvalue weighted by atomic mass is 16.5. The van der Waals surface area contributed by atoms with Gasteiger partial charge in [0.25, 0.3) is 5.91 Å². The number of amides is 2. The largest absolute Gasteiger partial charge is 0.494 e. The molecule has 0 aromatic heterocycles. The van der Waals surface area contributed by atoms with Crippen molar-refractivity contribution in [3.63, 3.8) is 0 Å². The Morgan fingerprint density at radius 2 is 1.76 bits per heavy atom. The van der Waals surface area contributed by atoms with Crippen LogP contribution in [0.25, 0.3) is 0 Å². The van der Waals surface area contributed by atoms with Crippen LogP contribution in [0, 0.1) is 0 Å². The molecule has 0 aliphatic rings. The zero-order valence-corrected chi connectivity index (χ0v) is 12.8. The molecule has 0 saturated carbocycles. The normalized spacial score (nSPS) is 10.0. The second kappa shape index (κ2) is 9.80. The fourth-order valence-corrected chi connectivity index (χ4v) is 1.77. The lowest BCUT2D eigenvalue weighted by molar-refractivity contribution is -0.120. The fraction of sp³-hybridized carbons (Fsp3) is 0.500. The van der Waals surface area contributed by atoms with E-state index in [1.807, 2.05) is 6.92 Å². The molecule has 116 valence electrons. The van der Waals surface area contributed by atoms with Gasteiger partial charge in [-0.15, -0.1) is 0 Å². The number of likely N-dealkylation sites (N-methyl/N-ethyl adjacent to an activating group) is 1. The molecule has 0 fully saturated rings. The van der Waals surface area contributed by atoms with Gasteiger partial charge in [-0.3, -0.25) is 9.59 Å². The number of rotatable bonds is 9. The standard InChI is InChI=1S/C16H24N2O3/c1-3-5-6-11-21-14-9-7-13(8-10-14)16(20)18-12-15(19)17-4-2/h7-10H,3-6,11-12H2,1-2H3,(H,17,19)(H,18,20). The van der Waals surface area contributed by atoms with Crippen molar-refractivity contribution in [3.8, 4) is 5.75 Å². The van der Waals surface area contributed by atoms with Crippen LogP contribution in [-0.2, 0) is 4.79 Å². The van der Waals surface area contributed by atoms with E-state index in [1.165, 1.54) is 0 Å². The molecule has 2 N–H and O–H groups in total. The smallest absolute Gasteiger partial charge is 0.251 e. The highest BCUT2D eigenvalue weighted by Gasteiger charge is 2.07. The van der Waals surface area contributed by atoms with Gasteiger partial charge in [-0.25, -0.2) is 0 Å². The third-order valence-electron chi connectivity index (χ3n) is 2.92. The number of carbonyl (C=O) groups is 2. The highest BCUT2D eigenvalue weighted by molar-refractivity contribution is 5.96. The minimum Gasteiger partial charge on any atom is -0.494 e. The number of carbonyl (C=O) groups excluding carboxylic acids is 2. The Morgan fingerprint density at radius 1 is 1.05 bits per heavy atom. The SMILES string of the molecule is CCCCCOc1ccc(C(=O)NCC(=O)NCC)cc1. The lowest BCUT2D eigenvalue weighted by Crippen LogP contribution is -2.36. The summed E-state index contributed by atoms with van der Waals surface area (Å²) in [4.78, 5) is 23.1. The van der Waals surface area contributed by atoms with Crippen molar-refractivity contribution in [1.82, 2.24) is 10.6 Å². The molecule has 0 saturated heterocycles. The minimum atomic E-state index is -0.265. The molecule has 0 atom stereocenters. The molecular formula is C16H24N2O3. The van der Waals surface area contributed by atoms with Gasteiger partial charge < -0.3 is 15.4 Å². The molecule has 1 aromatic carbocycles. The molecule has 5 heteroatoms. The Hall–Kier alpha value is -2.04. The minimum absolute atomic E-state index is 0.0120. The summed E-state index contributed by atoms with van der Waals surface area (Å²) < 4.78 is 5.58. The maximum absolute atomic E-state index is 11.8. The van der Waals surface area contributed by atoms with Crippen LogP contribution in [0.2, 0.25) is 0 Å². The predicted molar refractivity (Wildman–Crippen MR) is 82.5 cm³/mol. The second-order valence-electron chi connectivity index (χ2n) is 4.72. The van der Waals surface area contributed by atoms with Gasteiger partial charge in [-0.1, -0.05) is 19.8 Å². The van der Waals surface area contributed by atoms with Gasteiger partial charge in [-0.2, -0.15) is 0 Å². The molecule has 0 aliphatic carbocycles. The number of benzene rings is 1. The summed E-state index contributed by atoms with van der Waals surface area (Å²) in [5.41, 5.74) is 0.514. The van der Waals surface area contributed by atoms with Gasteiger partial charge >= 0.3 is 0 Å². The summed E-state index contributed by atoms with van der Waals surface area (Å²) in [5, 5.41) is 5.19. The highest BCUT2D eigenvalue weighted by Crippen LogP contribution is 2.12. The van der Waals surface area contributed by atoms with E-state index < -0.39 is 0 Å². The van der Waals surface area contributed by atoms with Crippen molar-refractivity contribution in [1.29, 1.82) is 0 Å². The molecular weight excluding hydrogens is 268 g/mol. The molecule has 0 spiro atoms. The average Bonchev–Trinajstić information content (AvgIpc) is 2.50. The number of hydrogen-bond donors (Lipinski definition) is 2. The third kappa shape index (κ3) is 6.79. The van der Waals surface area contributed by atoms with E-state index in [2.05, 4.69) is 17.6 Å². The first-order valence-corrected chi connectivity index (χ1v) is 7.45. The van der Waals surface area contributed by atoms with E-state index in [4.69, 9.17) is 4.74 Å². The van der Waals surface area contributed by atoms with Crippen molar-refractivity contribution in [2.24, 2.45) is 0 Å². The molecule has 1 aromatic rings. The first kappa shape index (κ1) is 17.0. The van der Waals surface area contributed by atoms with Crippen LogP contribution >= 0.6 is 0 Å². The molecule has 1 rings (SSSR count). The summed E-state index contributed by atoms with van der Waals surface area (Å²) in [7, 11) is 0. The molecule has 5 nitrogen and oxygen atoms in total. The average molecular weight is 292 g/mol. The van der Waals surface area contributed by atoms with E-state index in [-0.39, 0.29) is 18.4 Å². The van der Waals surface area contributed by atoms with Gasteiger partial charge in [0.05, 0.1) is 13.2 Å². The van der Waals surface area contributed by atoms with Crippen molar-refractivity contribution < 1.29 is 14.3 Å². The number of hydrogen-bond acceptors (Lipinski definition) is 3. The van der Waals surface area contributed by atoms with Crippen LogP contribution in [0.4, 0.5) is 0 Å². The third-order valence-corrected chi connectivity index (χ3v) is 2.92. The van der Waals surface area contributed by atoms with Gasteiger partial charge in [0.2, 0.25) is 5.91 Å². The Balaban J connectivity index is 2.38. The van der Waals surface area contributed by atoms with E-state index in [9.17, 15) is 9.59 Å². The first-order chi connectivity index (χ1) is 10.2. The zero-order chi connectivity index (χ0) is 15.5. The maximum atomic E-state index is 11.8. The monoisotopic (exact) mass is 292 g/mol. The van der Waals surface area contributed by atoms with Crippen LogP contribution in [0.15, 0.2) is 24.3 Å². The topological polar surface area (TPSA) is 67.4 Å². The summed E-state index contributed by atoms with van der Waals surface area (Å²) >= 11 is 0. The van der Waals surface area contributed by atoms with Crippen LogP contribution in [-0.4, -0.2) is 31.5 Å². The lowest BCUT2D eigenvalue weighted by Gasteiger charge is -2.08. The quantitative estimate of drug-likeness (QED) is 0.685. The second-order valence-corrected chi connectivity index (χ2v) is 4.72. The van der Waals surface area contributed by atoms with Gasteiger partial charge in [-0.05, 0) is 37.6 Å². The summed E-state index contributed by atoms with van der Waals surface area (Å²) in [6.07, 6.45) is 3.35. The zero-order valence-electron chi connectivity index (χ0n) is 12.8. The Bertz CT molecular complexity index is 443. The molecule has 0 aliphatic heterocycles. The van der Waals surface area contributed by atoms with E-state index in [0.717, 1.165) is 25.0 Å². The summed E-state index contributed by atoms with van der Waals surface area (Å²) in [6.45, 7) is 5.21. The van der Waals surface area contributed by atoms with E-state index in [0.29, 0.717) is 18.7 Å². The first-order valence-electron chi connectivity index (χ1n) is 7.45. The molecule has 2 amide bonds. The van der Waals surface area contributed by atoms with E-state index >= 15 is 0 Å². The van der Waals surface area contributed by atoms with Gasteiger partial charge in [0.15, 0.2) is 0 Å². The molecule has 0 radical (unpaired) electrons. The Labute approximate surface area is 126 Å². The van der Waals surface area contributed by atoms with Crippen LogP contribution < -0.4 is 15.4 Å². The van der Waals surface area contributed by atoms with Crippen LogP contribution in [0.1, 0.15) is 43.5 Å². The number of nitrogens with one attached hydrogen (secondary N) is 2. The summed E-state index contributed by atoms with van der Waals surface area (Å²) in [5.74, 6) is 0.298. The maximum Gasteiger partial charge on any atom is 0.251 e.